The summed E-state index contributed by atoms with van der Waals surface area (Å²) in [5, 5.41) is 2.26. The van der Waals surface area contributed by atoms with E-state index >= 15 is 0 Å². The van der Waals surface area contributed by atoms with Crippen LogP contribution in [0.5, 0.6) is 0 Å². The first-order chi connectivity index (χ1) is 9.19. The maximum Gasteiger partial charge on any atom is 0.266 e. The van der Waals surface area contributed by atoms with Gasteiger partial charge in [0.25, 0.3) is 16.0 Å². The lowest BCUT2D eigenvalue weighted by atomic mass is 10.0. The SMILES string of the molecule is CC(C)Cc1ccc(F)c(C(=O)NCCS(=O)(=O)O)c1. The number of hydrogen-bond acceptors (Lipinski definition) is 3. The Kier molecular flexibility index (Phi) is 5.64. The van der Waals surface area contributed by atoms with Crippen LogP contribution in [-0.4, -0.2) is 31.2 Å². The van der Waals surface area contributed by atoms with E-state index in [1.807, 2.05) is 13.8 Å². The Morgan fingerprint density at radius 3 is 2.60 bits per heavy atom. The van der Waals surface area contributed by atoms with Crippen molar-refractivity contribution in [2.75, 3.05) is 12.3 Å². The predicted octanol–water partition coefficient (Wildman–Crippen LogP) is 1.64. The van der Waals surface area contributed by atoms with E-state index in [2.05, 4.69) is 5.32 Å². The first-order valence-electron chi connectivity index (χ1n) is 6.21. The Balaban J connectivity index is 2.76. The standard InChI is InChI=1S/C13H18FNO4S/c1-9(2)7-10-3-4-12(14)11(8-10)13(16)15-5-6-20(17,18)19/h3-4,8-9H,5-7H2,1-2H3,(H,15,16)(H,17,18,19). The molecule has 1 aromatic rings. The van der Waals surface area contributed by atoms with Gasteiger partial charge in [0.05, 0.1) is 11.3 Å². The summed E-state index contributed by atoms with van der Waals surface area (Å²) in [6.07, 6.45) is 0.714. The lowest BCUT2D eigenvalue weighted by molar-refractivity contribution is 0.0952. The van der Waals surface area contributed by atoms with Crippen LogP contribution in [0.1, 0.15) is 29.8 Å². The summed E-state index contributed by atoms with van der Waals surface area (Å²) in [6, 6.07) is 4.29. The molecule has 1 rings (SSSR count). The van der Waals surface area contributed by atoms with Crippen molar-refractivity contribution in [1.29, 1.82) is 0 Å². The number of carbonyl (C=O) groups excluding carboxylic acids is 1. The molecule has 0 unspecified atom stereocenters. The summed E-state index contributed by atoms with van der Waals surface area (Å²) in [7, 11) is -4.14. The van der Waals surface area contributed by atoms with Gasteiger partial charge < -0.3 is 5.32 Å². The minimum atomic E-state index is -4.14. The quantitative estimate of drug-likeness (QED) is 0.783. The topological polar surface area (TPSA) is 83.5 Å². The van der Waals surface area contributed by atoms with E-state index in [0.717, 1.165) is 5.56 Å². The zero-order valence-corrected chi connectivity index (χ0v) is 12.2. The lowest BCUT2D eigenvalue weighted by Gasteiger charge is -2.09. The van der Waals surface area contributed by atoms with Gasteiger partial charge in [-0.1, -0.05) is 19.9 Å². The monoisotopic (exact) mass is 303 g/mol. The molecule has 0 atom stereocenters. The van der Waals surface area contributed by atoms with Gasteiger partial charge in [0.2, 0.25) is 0 Å². The largest absolute Gasteiger partial charge is 0.351 e. The van der Waals surface area contributed by atoms with Gasteiger partial charge in [0.1, 0.15) is 5.82 Å². The third kappa shape index (κ3) is 5.66. The van der Waals surface area contributed by atoms with E-state index in [-0.39, 0.29) is 12.1 Å². The third-order valence-corrected chi connectivity index (χ3v) is 3.28. The molecule has 0 aliphatic carbocycles. The first-order valence-corrected chi connectivity index (χ1v) is 7.81. The van der Waals surface area contributed by atoms with Crippen LogP contribution in [0.4, 0.5) is 4.39 Å². The summed E-state index contributed by atoms with van der Waals surface area (Å²) in [5.74, 6) is -1.60. The summed E-state index contributed by atoms with van der Waals surface area (Å²) < 4.78 is 43.2. The molecule has 0 saturated heterocycles. The molecule has 7 heteroatoms. The molecule has 0 radical (unpaired) electrons. The van der Waals surface area contributed by atoms with Crippen LogP contribution in [0.15, 0.2) is 18.2 Å². The normalized spacial score (nSPS) is 11.7. The molecular formula is C13H18FNO4S. The van der Waals surface area contributed by atoms with E-state index in [1.54, 1.807) is 6.07 Å². The van der Waals surface area contributed by atoms with E-state index in [4.69, 9.17) is 4.55 Å². The highest BCUT2D eigenvalue weighted by atomic mass is 32.2. The molecule has 0 aromatic heterocycles. The fraction of sp³-hybridized carbons (Fsp3) is 0.462. The Bertz CT molecular complexity index is 584. The van der Waals surface area contributed by atoms with Crippen molar-refractivity contribution in [1.82, 2.24) is 5.32 Å². The van der Waals surface area contributed by atoms with Crippen molar-refractivity contribution in [2.45, 2.75) is 20.3 Å². The molecular weight excluding hydrogens is 285 g/mol. The van der Waals surface area contributed by atoms with Crippen molar-refractivity contribution in [2.24, 2.45) is 5.92 Å². The molecule has 0 fully saturated rings. The molecule has 112 valence electrons. The second-order valence-electron chi connectivity index (χ2n) is 4.95. The van der Waals surface area contributed by atoms with Gasteiger partial charge >= 0.3 is 0 Å². The first kappa shape index (κ1) is 16.6. The maximum absolute atomic E-state index is 13.6. The molecule has 2 N–H and O–H groups in total. The van der Waals surface area contributed by atoms with Crippen LogP contribution in [0.25, 0.3) is 0 Å². The molecule has 0 spiro atoms. The Labute approximate surface area is 117 Å². The lowest BCUT2D eigenvalue weighted by Crippen LogP contribution is -2.29. The minimum Gasteiger partial charge on any atom is -0.351 e. The van der Waals surface area contributed by atoms with Crippen LogP contribution in [-0.2, 0) is 16.5 Å². The highest BCUT2D eigenvalue weighted by Gasteiger charge is 2.14. The van der Waals surface area contributed by atoms with Gasteiger partial charge in [-0.3, -0.25) is 9.35 Å². The van der Waals surface area contributed by atoms with Crippen molar-refractivity contribution in [3.05, 3.63) is 35.1 Å². The van der Waals surface area contributed by atoms with Gasteiger partial charge in [0, 0.05) is 6.54 Å². The minimum absolute atomic E-state index is 0.126. The van der Waals surface area contributed by atoms with Gasteiger partial charge in [-0.2, -0.15) is 8.42 Å². The number of amides is 1. The van der Waals surface area contributed by atoms with Crippen molar-refractivity contribution < 1.29 is 22.2 Å². The average molecular weight is 303 g/mol. The summed E-state index contributed by atoms with van der Waals surface area (Å²) in [5.41, 5.74) is 0.708. The molecule has 0 heterocycles. The predicted molar refractivity (Wildman–Crippen MR) is 73.7 cm³/mol. The van der Waals surface area contributed by atoms with Crippen LogP contribution >= 0.6 is 0 Å². The number of hydrogen-bond donors (Lipinski definition) is 2. The van der Waals surface area contributed by atoms with Crippen LogP contribution in [0.2, 0.25) is 0 Å². The highest BCUT2D eigenvalue weighted by molar-refractivity contribution is 7.85. The maximum atomic E-state index is 13.6. The van der Waals surface area contributed by atoms with Crippen LogP contribution in [0.3, 0.4) is 0 Å². The van der Waals surface area contributed by atoms with Crippen molar-refractivity contribution in [3.63, 3.8) is 0 Å². The number of halogens is 1. The Morgan fingerprint density at radius 2 is 2.05 bits per heavy atom. The summed E-state index contributed by atoms with van der Waals surface area (Å²) >= 11 is 0. The Morgan fingerprint density at radius 1 is 1.40 bits per heavy atom. The average Bonchev–Trinajstić information content (AvgIpc) is 2.29. The van der Waals surface area contributed by atoms with Crippen LogP contribution < -0.4 is 5.32 Å². The number of rotatable bonds is 6. The second kappa shape index (κ2) is 6.81. The molecule has 0 bridgehead atoms. The molecule has 1 aromatic carbocycles. The van der Waals surface area contributed by atoms with E-state index in [0.29, 0.717) is 12.3 Å². The Hall–Kier alpha value is -1.47. The summed E-state index contributed by atoms with van der Waals surface area (Å²) in [4.78, 5) is 11.8. The van der Waals surface area contributed by atoms with Gasteiger partial charge in [-0.25, -0.2) is 4.39 Å². The van der Waals surface area contributed by atoms with Gasteiger partial charge in [-0.05, 0) is 30.0 Å². The number of nitrogens with one attached hydrogen (secondary N) is 1. The van der Waals surface area contributed by atoms with Gasteiger partial charge in [-0.15, -0.1) is 0 Å². The zero-order chi connectivity index (χ0) is 15.3. The smallest absolute Gasteiger partial charge is 0.266 e. The molecule has 0 aliphatic rings. The van der Waals surface area contributed by atoms with E-state index < -0.39 is 27.6 Å². The third-order valence-electron chi connectivity index (χ3n) is 2.56. The number of carbonyl (C=O) groups is 1. The zero-order valence-electron chi connectivity index (χ0n) is 11.4. The van der Waals surface area contributed by atoms with E-state index in [1.165, 1.54) is 12.1 Å². The van der Waals surface area contributed by atoms with Gasteiger partial charge in [0.15, 0.2) is 0 Å². The summed E-state index contributed by atoms with van der Waals surface area (Å²) in [6.45, 7) is 3.75. The highest BCUT2D eigenvalue weighted by Crippen LogP contribution is 2.14. The van der Waals surface area contributed by atoms with Crippen molar-refractivity contribution >= 4 is 16.0 Å². The van der Waals surface area contributed by atoms with Crippen molar-refractivity contribution in [3.8, 4) is 0 Å². The fourth-order valence-corrected chi connectivity index (χ4v) is 2.09. The van der Waals surface area contributed by atoms with Crippen LogP contribution in [0, 0.1) is 11.7 Å². The molecule has 1 amide bonds. The molecule has 0 aliphatic heterocycles. The molecule has 5 nitrogen and oxygen atoms in total. The fourth-order valence-electron chi connectivity index (χ4n) is 1.73. The molecule has 0 saturated carbocycles. The second-order valence-corrected chi connectivity index (χ2v) is 6.53. The molecule has 20 heavy (non-hydrogen) atoms. The van der Waals surface area contributed by atoms with E-state index in [9.17, 15) is 17.6 Å². The number of benzene rings is 1.